The van der Waals surface area contributed by atoms with Crippen LogP contribution in [0.3, 0.4) is 0 Å². The number of likely N-dealkylation sites (tertiary alicyclic amines) is 1. The van der Waals surface area contributed by atoms with Gasteiger partial charge in [-0.1, -0.05) is 30.3 Å². The van der Waals surface area contributed by atoms with E-state index in [0.717, 1.165) is 64.6 Å². The number of guanidine groups is 1. The summed E-state index contributed by atoms with van der Waals surface area (Å²) in [5, 5.41) is 3.52. The van der Waals surface area contributed by atoms with Crippen molar-refractivity contribution in [2.24, 2.45) is 4.99 Å². The van der Waals surface area contributed by atoms with Crippen LogP contribution in [0, 0.1) is 0 Å². The van der Waals surface area contributed by atoms with Gasteiger partial charge in [0.05, 0.1) is 25.4 Å². The van der Waals surface area contributed by atoms with Crippen molar-refractivity contribution in [3.05, 3.63) is 35.9 Å². The summed E-state index contributed by atoms with van der Waals surface area (Å²) in [6.45, 7) is 7.64. The second-order valence-corrected chi connectivity index (χ2v) is 8.82. The topological polar surface area (TPSA) is 46.1 Å². The summed E-state index contributed by atoms with van der Waals surface area (Å²) in [4.78, 5) is 7.48. The Morgan fingerprint density at radius 2 is 1.93 bits per heavy atom. The lowest BCUT2D eigenvalue weighted by Gasteiger charge is -2.35. The smallest absolute Gasteiger partial charge is 0.193 e. The van der Waals surface area contributed by atoms with Crippen LogP contribution in [0.1, 0.15) is 57.4 Å². The summed E-state index contributed by atoms with van der Waals surface area (Å²) >= 11 is 0. The highest BCUT2D eigenvalue weighted by molar-refractivity contribution is 14.0. The zero-order valence-corrected chi connectivity index (χ0v) is 20.7. The van der Waals surface area contributed by atoms with Crippen LogP contribution in [0.25, 0.3) is 0 Å². The van der Waals surface area contributed by atoms with Gasteiger partial charge in [-0.25, -0.2) is 0 Å². The molecule has 0 bridgehead atoms. The van der Waals surface area contributed by atoms with Crippen molar-refractivity contribution in [3.8, 4) is 0 Å². The van der Waals surface area contributed by atoms with Crippen molar-refractivity contribution in [1.29, 1.82) is 0 Å². The van der Waals surface area contributed by atoms with Crippen LogP contribution < -0.4 is 5.32 Å². The molecule has 1 aliphatic carbocycles. The number of halogens is 1. The predicted octanol–water partition coefficient (Wildman–Crippen LogP) is 4.35. The van der Waals surface area contributed by atoms with Gasteiger partial charge in [-0.2, -0.15) is 0 Å². The molecular formula is C24H38IN3O2. The third kappa shape index (κ3) is 6.33. The fourth-order valence-corrected chi connectivity index (χ4v) is 4.55. The Morgan fingerprint density at radius 1 is 1.17 bits per heavy atom. The van der Waals surface area contributed by atoms with E-state index in [2.05, 4.69) is 47.5 Å². The minimum absolute atomic E-state index is 0. The number of ether oxygens (including phenoxy) is 2. The first-order valence-electron chi connectivity index (χ1n) is 11.6. The Kier molecular flexibility index (Phi) is 9.26. The van der Waals surface area contributed by atoms with Gasteiger partial charge in [0.2, 0.25) is 0 Å². The maximum absolute atomic E-state index is 6.18. The summed E-state index contributed by atoms with van der Waals surface area (Å²) in [7, 11) is 0. The van der Waals surface area contributed by atoms with E-state index in [1.807, 2.05) is 0 Å². The largest absolute Gasteiger partial charge is 0.376 e. The highest BCUT2D eigenvalue weighted by Crippen LogP contribution is 2.48. The molecule has 0 spiro atoms. The number of nitrogens with one attached hydrogen (secondary N) is 1. The first-order valence-corrected chi connectivity index (χ1v) is 11.6. The Morgan fingerprint density at radius 3 is 2.57 bits per heavy atom. The second-order valence-electron chi connectivity index (χ2n) is 8.82. The molecule has 1 aromatic carbocycles. The van der Waals surface area contributed by atoms with E-state index in [1.54, 1.807) is 0 Å². The zero-order chi connectivity index (χ0) is 19.9. The van der Waals surface area contributed by atoms with Crippen molar-refractivity contribution in [2.75, 3.05) is 39.4 Å². The first-order chi connectivity index (χ1) is 14.3. The predicted molar refractivity (Wildman–Crippen MR) is 133 cm³/mol. The average molecular weight is 527 g/mol. The molecule has 4 rings (SSSR count). The standard InChI is InChI=1S/C24H37N3O2.HI/c1-2-25-23(26-19-24(13-14-24)20-8-4-3-5-9-20)27-15-11-21(12-16-27)29-18-22-10-6-7-17-28-22;/h3-5,8-9,21-22H,2,6-7,10-19H2,1H3,(H,25,26);1H. The molecule has 1 saturated carbocycles. The monoisotopic (exact) mass is 527 g/mol. The number of rotatable bonds is 7. The van der Waals surface area contributed by atoms with E-state index in [-0.39, 0.29) is 29.4 Å². The van der Waals surface area contributed by atoms with E-state index in [0.29, 0.717) is 12.2 Å². The van der Waals surface area contributed by atoms with Crippen LogP contribution in [0.2, 0.25) is 0 Å². The summed E-state index contributed by atoms with van der Waals surface area (Å²) in [5.41, 5.74) is 1.71. The summed E-state index contributed by atoms with van der Waals surface area (Å²) < 4.78 is 12.0. The molecule has 2 aliphatic heterocycles. The molecule has 5 nitrogen and oxygen atoms in total. The van der Waals surface area contributed by atoms with Crippen LogP contribution in [0.15, 0.2) is 35.3 Å². The second kappa shape index (κ2) is 11.7. The van der Waals surface area contributed by atoms with Crippen LogP contribution in [-0.4, -0.2) is 62.5 Å². The molecule has 30 heavy (non-hydrogen) atoms. The summed E-state index contributed by atoms with van der Waals surface area (Å²) in [6.07, 6.45) is 8.94. The number of piperidine rings is 1. The quantitative estimate of drug-likeness (QED) is 0.326. The van der Waals surface area contributed by atoms with E-state index in [1.165, 1.54) is 31.2 Å². The molecule has 1 unspecified atom stereocenters. The van der Waals surface area contributed by atoms with Crippen molar-refractivity contribution in [3.63, 3.8) is 0 Å². The minimum Gasteiger partial charge on any atom is -0.376 e. The van der Waals surface area contributed by atoms with Crippen LogP contribution in [0.5, 0.6) is 0 Å². The molecule has 0 amide bonds. The Balaban J connectivity index is 0.00000256. The SMILES string of the molecule is CCNC(=NCC1(c2ccccc2)CC1)N1CCC(OCC2CCCCO2)CC1.I. The molecule has 3 fully saturated rings. The Labute approximate surface area is 199 Å². The normalized spacial score (nSPS) is 24.2. The number of hydrogen-bond acceptors (Lipinski definition) is 3. The van der Waals surface area contributed by atoms with Gasteiger partial charge in [0.15, 0.2) is 5.96 Å². The van der Waals surface area contributed by atoms with Crippen molar-refractivity contribution in [1.82, 2.24) is 10.2 Å². The molecule has 2 saturated heterocycles. The Hall–Kier alpha value is -0.860. The van der Waals surface area contributed by atoms with Gasteiger partial charge >= 0.3 is 0 Å². The van der Waals surface area contributed by atoms with Gasteiger partial charge in [0, 0.05) is 31.7 Å². The van der Waals surface area contributed by atoms with Crippen LogP contribution >= 0.6 is 24.0 Å². The van der Waals surface area contributed by atoms with E-state index >= 15 is 0 Å². The van der Waals surface area contributed by atoms with Gasteiger partial charge in [0.1, 0.15) is 0 Å². The van der Waals surface area contributed by atoms with Crippen molar-refractivity contribution < 1.29 is 9.47 Å². The average Bonchev–Trinajstić information content (AvgIpc) is 3.58. The lowest BCUT2D eigenvalue weighted by atomic mass is 9.96. The van der Waals surface area contributed by atoms with E-state index in [4.69, 9.17) is 14.5 Å². The third-order valence-electron chi connectivity index (χ3n) is 6.64. The molecule has 6 heteroatoms. The fraction of sp³-hybridized carbons (Fsp3) is 0.708. The van der Waals surface area contributed by atoms with Crippen molar-refractivity contribution in [2.45, 2.75) is 69.5 Å². The van der Waals surface area contributed by atoms with E-state index < -0.39 is 0 Å². The summed E-state index contributed by atoms with van der Waals surface area (Å²) in [6, 6.07) is 10.9. The van der Waals surface area contributed by atoms with Gasteiger partial charge in [-0.15, -0.1) is 24.0 Å². The highest BCUT2D eigenvalue weighted by Gasteiger charge is 2.44. The molecule has 0 radical (unpaired) electrons. The maximum atomic E-state index is 6.18. The maximum Gasteiger partial charge on any atom is 0.193 e. The lowest BCUT2D eigenvalue weighted by molar-refractivity contribution is -0.0721. The van der Waals surface area contributed by atoms with Gasteiger partial charge in [-0.3, -0.25) is 4.99 Å². The van der Waals surface area contributed by atoms with Crippen molar-refractivity contribution >= 4 is 29.9 Å². The lowest BCUT2D eigenvalue weighted by Crippen LogP contribution is -2.47. The van der Waals surface area contributed by atoms with Gasteiger partial charge in [-0.05, 0) is 57.4 Å². The van der Waals surface area contributed by atoms with Gasteiger partial charge in [0.25, 0.3) is 0 Å². The Bertz CT molecular complexity index is 652. The minimum atomic E-state index is 0. The first kappa shape index (κ1) is 23.8. The zero-order valence-electron chi connectivity index (χ0n) is 18.4. The molecule has 1 atom stereocenters. The number of hydrogen-bond donors (Lipinski definition) is 1. The molecule has 2 heterocycles. The van der Waals surface area contributed by atoms with Gasteiger partial charge < -0.3 is 19.7 Å². The molecule has 0 aromatic heterocycles. The summed E-state index contributed by atoms with van der Waals surface area (Å²) in [5.74, 6) is 1.07. The number of benzene rings is 1. The van der Waals surface area contributed by atoms with E-state index in [9.17, 15) is 0 Å². The molecule has 1 aromatic rings. The molecule has 3 aliphatic rings. The molecule has 168 valence electrons. The van der Waals surface area contributed by atoms with Crippen LogP contribution in [-0.2, 0) is 14.9 Å². The third-order valence-corrected chi connectivity index (χ3v) is 6.64. The number of aliphatic imine (C=N–C) groups is 1. The fourth-order valence-electron chi connectivity index (χ4n) is 4.55. The molecule has 1 N–H and O–H groups in total. The molecular weight excluding hydrogens is 489 g/mol. The number of nitrogens with zero attached hydrogens (tertiary/aromatic N) is 2. The van der Waals surface area contributed by atoms with Crippen LogP contribution in [0.4, 0.5) is 0 Å². The highest BCUT2D eigenvalue weighted by atomic mass is 127.